The Labute approximate surface area is 131 Å². The van der Waals surface area contributed by atoms with Crippen molar-refractivity contribution in [2.24, 2.45) is 7.05 Å². The van der Waals surface area contributed by atoms with Crippen molar-refractivity contribution in [2.45, 2.75) is 11.6 Å². The normalized spacial score (nSPS) is 11.6. The number of nitrogens with zero attached hydrogens (tertiary/aromatic N) is 5. The molecule has 0 bridgehead atoms. The average Bonchev–Trinajstić information content (AvgIpc) is 2.79. The van der Waals surface area contributed by atoms with Gasteiger partial charge in [0.2, 0.25) is 5.03 Å². The van der Waals surface area contributed by atoms with E-state index >= 15 is 0 Å². The van der Waals surface area contributed by atoms with Crippen LogP contribution in [0.5, 0.6) is 0 Å². The summed E-state index contributed by atoms with van der Waals surface area (Å²) in [5.74, 6) is 0. The molecule has 7 nitrogen and oxygen atoms in total. The van der Waals surface area contributed by atoms with Gasteiger partial charge in [-0.25, -0.2) is 13.1 Å². The zero-order valence-corrected chi connectivity index (χ0v) is 13.8. The molecule has 9 heteroatoms. The second-order valence-electron chi connectivity index (χ2n) is 4.38. The van der Waals surface area contributed by atoms with Crippen LogP contribution in [0.25, 0.3) is 0 Å². The third-order valence-corrected chi connectivity index (χ3v) is 5.57. The van der Waals surface area contributed by atoms with Gasteiger partial charge in [0.05, 0.1) is 11.6 Å². The van der Waals surface area contributed by atoms with Gasteiger partial charge in [0.15, 0.2) is 4.60 Å². The zero-order chi connectivity index (χ0) is 15.6. The van der Waals surface area contributed by atoms with Crippen molar-refractivity contribution in [3.8, 4) is 6.07 Å². The Balaban J connectivity index is 2.27. The number of nitriles is 1. The predicted molar refractivity (Wildman–Crippen MR) is 78.5 cm³/mol. The number of sulfonamides is 1. The van der Waals surface area contributed by atoms with Crippen molar-refractivity contribution >= 4 is 26.0 Å². The fourth-order valence-electron chi connectivity index (χ4n) is 1.77. The Morgan fingerprint density at radius 3 is 2.48 bits per heavy atom. The third kappa shape index (κ3) is 3.12. The Morgan fingerprint density at radius 1 is 1.38 bits per heavy atom. The molecule has 2 rings (SSSR count). The first-order valence-corrected chi connectivity index (χ1v) is 8.10. The van der Waals surface area contributed by atoms with E-state index in [1.54, 1.807) is 24.3 Å². The lowest BCUT2D eigenvalue weighted by atomic mass is 10.1. The van der Waals surface area contributed by atoms with Crippen LogP contribution in [0.1, 0.15) is 11.1 Å². The Bertz CT molecular complexity index is 773. The summed E-state index contributed by atoms with van der Waals surface area (Å²) in [5.41, 5.74) is 1.31. The molecule has 1 aromatic heterocycles. The molecule has 0 fully saturated rings. The lowest BCUT2D eigenvalue weighted by molar-refractivity contribution is 0.456. The minimum atomic E-state index is -3.71. The fourth-order valence-corrected chi connectivity index (χ4v) is 3.95. The monoisotopic (exact) mass is 369 g/mol. The molecular weight excluding hydrogens is 358 g/mol. The van der Waals surface area contributed by atoms with Crippen molar-refractivity contribution in [1.82, 2.24) is 19.3 Å². The molecule has 21 heavy (non-hydrogen) atoms. The lowest BCUT2D eigenvalue weighted by Crippen LogP contribution is -2.28. The Kier molecular flexibility index (Phi) is 4.41. The maximum atomic E-state index is 12.5. The van der Waals surface area contributed by atoms with Gasteiger partial charge in [-0.2, -0.15) is 9.57 Å². The highest BCUT2D eigenvalue weighted by Crippen LogP contribution is 2.22. The van der Waals surface area contributed by atoms with Gasteiger partial charge in [0, 0.05) is 20.6 Å². The summed E-state index contributed by atoms with van der Waals surface area (Å²) in [4.78, 5) is 0. The topological polar surface area (TPSA) is 91.9 Å². The molecule has 0 aliphatic rings. The summed E-state index contributed by atoms with van der Waals surface area (Å²) >= 11 is 3.09. The number of hydrogen-bond acceptors (Lipinski definition) is 5. The Morgan fingerprint density at radius 2 is 2.00 bits per heavy atom. The van der Waals surface area contributed by atoms with Crippen LogP contribution in [0.3, 0.4) is 0 Å². The second kappa shape index (κ2) is 5.93. The van der Waals surface area contributed by atoms with Gasteiger partial charge in [-0.15, -0.1) is 5.10 Å². The summed E-state index contributed by atoms with van der Waals surface area (Å²) < 4.78 is 27.6. The third-order valence-electron chi connectivity index (χ3n) is 2.88. The van der Waals surface area contributed by atoms with Gasteiger partial charge in [-0.3, -0.25) is 0 Å². The molecule has 0 radical (unpaired) electrons. The summed E-state index contributed by atoms with van der Waals surface area (Å²) in [6.45, 7) is 0.186. The van der Waals surface area contributed by atoms with E-state index in [1.165, 1.54) is 23.1 Å². The quantitative estimate of drug-likeness (QED) is 0.808. The number of hydrogen-bond donors (Lipinski definition) is 0. The van der Waals surface area contributed by atoms with Crippen molar-refractivity contribution in [2.75, 3.05) is 7.05 Å². The van der Waals surface area contributed by atoms with Crippen molar-refractivity contribution in [3.63, 3.8) is 0 Å². The van der Waals surface area contributed by atoms with E-state index < -0.39 is 10.0 Å². The summed E-state index contributed by atoms with van der Waals surface area (Å²) in [5, 5.41) is 16.1. The average molecular weight is 370 g/mol. The SMILES string of the molecule is CN(Cc1ccc(C#N)cc1)S(=O)(=O)c1c(Br)nnn1C. The first-order chi connectivity index (χ1) is 9.86. The molecule has 110 valence electrons. The van der Waals surface area contributed by atoms with Gasteiger partial charge < -0.3 is 0 Å². The van der Waals surface area contributed by atoms with E-state index in [-0.39, 0.29) is 16.2 Å². The van der Waals surface area contributed by atoms with Crippen LogP contribution in [-0.4, -0.2) is 34.8 Å². The van der Waals surface area contributed by atoms with Gasteiger partial charge in [0.1, 0.15) is 0 Å². The largest absolute Gasteiger partial charge is 0.263 e. The molecule has 0 atom stereocenters. The van der Waals surface area contributed by atoms with Crippen LogP contribution in [0.2, 0.25) is 0 Å². The van der Waals surface area contributed by atoms with Crippen LogP contribution in [-0.2, 0) is 23.6 Å². The molecule has 2 aromatic rings. The molecule has 0 aliphatic carbocycles. The molecule has 0 aliphatic heterocycles. The van der Waals surface area contributed by atoms with Gasteiger partial charge in [-0.1, -0.05) is 17.3 Å². The highest BCUT2D eigenvalue weighted by molar-refractivity contribution is 9.10. The standard InChI is InChI=1S/C12H12BrN5O2S/c1-17(8-10-5-3-9(7-14)4-6-10)21(19,20)12-11(13)15-16-18(12)2/h3-6H,8H2,1-2H3. The first kappa shape index (κ1) is 15.6. The second-order valence-corrected chi connectivity index (χ2v) is 7.09. The van der Waals surface area contributed by atoms with Crippen LogP contribution < -0.4 is 0 Å². The van der Waals surface area contributed by atoms with Crippen LogP contribution in [0.4, 0.5) is 0 Å². The van der Waals surface area contributed by atoms with Crippen LogP contribution in [0.15, 0.2) is 33.9 Å². The Hall–Kier alpha value is -1.76. The summed E-state index contributed by atoms with van der Waals surface area (Å²) in [7, 11) is -0.718. The number of benzene rings is 1. The van der Waals surface area contributed by atoms with Crippen molar-refractivity contribution in [1.29, 1.82) is 5.26 Å². The van der Waals surface area contributed by atoms with Crippen molar-refractivity contribution in [3.05, 3.63) is 40.0 Å². The predicted octanol–water partition coefficient (Wildman–Crippen LogP) is 1.27. The molecule has 0 N–H and O–H groups in total. The maximum Gasteiger partial charge on any atom is 0.263 e. The van der Waals surface area contributed by atoms with E-state index in [9.17, 15) is 8.42 Å². The van der Waals surface area contributed by atoms with E-state index in [1.807, 2.05) is 6.07 Å². The molecule has 1 heterocycles. The molecule has 0 spiro atoms. The van der Waals surface area contributed by atoms with Gasteiger partial charge in [-0.05, 0) is 33.6 Å². The molecule has 0 saturated carbocycles. The fraction of sp³-hybridized carbons (Fsp3) is 0.250. The molecule has 1 aromatic carbocycles. The highest BCUT2D eigenvalue weighted by atomic mass is 79.9. The lowest BCUT2D eigenvalue weighted by Gasteiger charge is -2.17. The van der Waals surface area contributed by atoms with Crippen LogP contribution >= 0.6 is 15.9 Å². The zero-order valence-electron chi connectivity index (χ0n) is 11.4. The number of aryl methyl sites for hydroxylation is 1. The van der Waals surface area contributed by atoms with Crippen LogP contribution in [0, 0.1) is 11.3 Å². The highest BCUT2D eigenvalue weighted by Gasteiger charge is 2.28. The smallest absolute Gasteiger partial charge is 0.235 e. The number of aromatic nitrogens is 3. The minimum Gasteiger partial charge on any atom is -0.235 e. The molecule has 0 saturated heterocycles. The van der Waals surface area contributed by atoms with E-state index in [0.29, 0.717) is 5.56 Å². The van der Waals surface area contributed by atoms with E-state index in [4.69, 9.17) is 5.26 Å². The molecular formula is C12H12BrN5O2S. The minimum absolute atomic E-state index is 0.00125. The molecule has 0 unspecified atom stereocenters. The number of rotatable bonds is 4. The van der Waals surface area contributed by atoms with Gasteiger partial charge >= 0.3 is 0 Å². The van der Waals surface area contributed by atoms with Gasteiger partial charge in [0.25, 0.3) is 10.0 Å². The van der Waals surface area contributed by atoms with E-state index in [0.717, 1.165) is 5.56 Å². The number of halogens is 1. The molecule has 0 amide bonds. The maximum absolute atomic E-state index is 12.5. The summed E-state index contributed by atoms with van der Waals surface area (Å²) in [6, 6.07) is 8.76. The first-order valence-electron chi connectivity index (χ1n) is 5.87. The van der Waals surface area contributed by atoms with Crippen molar-refractivity contribution < 1.29 is 8.42 Å². The summed E-state index contributed by atoms with van der Waals surface area (Å²) in [6.07, 6.45) is 0. The van der Waals surface area contributed by atoms with E-state index in [2.05, 4.69) is 26.2 Å².